The first-order chi connectivity index (χ1) is 51.0. The van der Waals surface area contributed by atoms with E-state index in [1.807, 2.05) is 0 Å². The predicted molar refractivity (Wildman–Crippen MR) is 476 cm³/mol. The van der Waals surface area contributed by atoms with Crippen LogP contribution in [-0.2, 0) is 4.74 Å². The average molecular weight is 1540 g/mol. The molecule has 0 bridgehead atoms. The molecular weight excluding hydrogens is 1340 g/mol. The lowest BCUT2D eigenvalue weighted by molar-refractivity contribution is 0.0684. The molecule has 9 heterocycles. The highest BCUT2D eigenvalue weighted by molar-refractivity contribution is 4.84. The number of hydrogen-bond donors (Lipinski definition) is 0. The van der Waals surface area contributed by atoms with Crippen LogP contribution in [0.3, 0.4) is 0 Å². The van der Waals surface area contributed by atoms with Crippen LogP contribution in [0, 0.1) is 59.2 Å². The lowest BCUT2D eigenvalue weighted by Gasteiger charge is -2.38. The molecular formula is C91H196FN15O. The zero-order chi connectivity index (χ0) is 81.2. The second-order valence-electron chi connectivity index (χ2n) is 39.3. The summed E-state index contributed by atoms with van der Waals surface area (Å²) in [6.45, 7) is 97.8. The third-order valence-corrected chi connectivity index (χ3v) is 22.8. The van der Waals surface area contributed by atoms with E-state index >= 15 is 0 Å². The van der Waals surface area contributed by atoms with E-state index in [0.717, 1.165) is 98.1 Å². The molecule has 9 rings (SSSR count). The van der Waals surface area contributed by atoms with Crippen molar-refractivity contribution in [2.24, 2.45) is 59.2 Å². The van der Waals surface area contributed by atoms with E-state index in [9.17, 15) is 4.39 Å². The first-order valence-electron chi connectivity index (χ1n) is 45.9. The first kappa shape index (κ1) is 105. The van der Waals surface area contributed by atoms with Gasteiger partial charge in [0.1, 0.15) is 5.67 Å². The minimum absolute atomic E-state index is 0.703. The molecule has 0 spiro atoms. The zero-order valence-electron chi connectivity index (χ0n) is 78.3. The van der Waals surface area contributed by atoms with E-state index in [-0.39, 0.29) is 0 Å². The summed E-state index contributed by atoms with van der Waals surface area (Å²) in [5.74, 6) is 8.31. The monoisotopic (exact) mass is 1530 g/mol. The van der Waals surface area contributed by atoms with Gasteiger partial charge in [-0.05, 0) is 218 Å². The maximum Gasteiger partial charge on any atom is 0.110 e. The molecule has 0 N–H and O–H groups in total. The summed E-state index contributed by atoms with van der Waals surface area (Å²) in [5, 5.41) is 0. The van der Waals surface area contributed by atoms with Crippen molar-refractivity contribution >= 4 is 0 Å². The van der Waals surface area contributed by atoms with Crippen molar-refractivity contribution in [3.05, 3.63) is 0 Å². The van der Waals surface area contributed by atoms with Gasteiger partial charge in [-0.25, -0.2) is 4.39 Å². The van der Waals surface area contributed by atoms with Crippen molar-refractivity contribution < 1.29 is 9.13 Å². The van der Waals surface area contributed by atoms with Crippen LogP contribution >= 0.6 is 0 Å². The second kappa shape index (κ2) is 62.5. The molecule has 0 saturated carbocycles. The topological polar surface area (TPSA) is 57.8 Å². The fourth-order valence-electron chi connectivity index (χ4n) is 16.6. The lowest BCUT2D eigenvalue weighted by atomic mass is 9.91. The van der Waals surface area contributed by atoms with Crippen molar-refractivity contribution in [3.63, 3.8) is 0 Å². The molecule has 17 heteroatoms. The Balaban J connectivity index is 0.000000608. The van der Waals surface area contributed by atoms with Crippen LogP contribution in [0.5, 0.6) is 0 Å². The largest absolute Gasteiger partial charge is 0.383 e. The number of rotatable bonds is 25. The van der Waals surface area contributed by atoms with Gasteiger partial charge in [0.2, 0.25) is 0 Å². The second-order valence-corrected chi connectivity index (χ2v) is 39.3. The van der Waals surface area contributed by atoms with Gasteiger partial charge < -0.3 is 73.3 Å². The molecule has 9 fully saturated rings. The number of likely N-dealkylation sites (N-methyl/N-ethyl adjacent to an activating group) is 4. The van der Waals surface area contributed by atoms with Crippen molar-refractivity contribution in [2.75, 3.05) is 298 Å². The summed E-state index contributed by atoms with van der Waals surface area (Å²) in [5.41, 5.74) is -0.895. The summed E-state index contributed by atoms with van der Waals surface area (Å²) in [7, 11) is 12.8. The number of halogens is 1. The SMILES string of the molecule is CC(C)CC1CCCN(C)CC1.CC(C)CN1CCC(C)(F)CC1.CC(C)CN1CCC(N(C)C)C1.CC(C)CN1CCCCC1.CC(C)CN1CCN(C)C(C)C1.CC(C)CN1CCN(C)CC1.CCCN1CCN(CC(C)C)CC1.CCN1CCN(CC(C)C)CC1.COCCN1CCN(CC(C)C)CC1. The van der Waals surface area contributed by atoms with Crippen LogP contribution in [0.25, 0.3) is 0 Å². The average Bonchev–Trinajstić information content (AvgIpc) is 1.40. The summed E-state index contributed by atoms with van der Waals surface area (Å²) in [6.07, 6.45) is 14.1. The molecule has 0 aromatic heterocycles. The molecule has 3 unspecified atom stereocenters. The Morgan fingerprint density at radius 3 is 1.08 bits per heavy atom. The van der Waals surface area contributed by atoms with Crippen LogP contribution in [-0.4, -0.2) is 389 Å². The van der Waals surface area contributed by atoms with Crippen LogP contribution in [0.15, 0.2) is 0 Å². The molecule has 9 aliphatic rings. The Kier molecular flexibility index (Phi) is 61.0. The van der Waals surface area contributed by atoms with E-state index in [4.69, 9.17) is 4.74 Å². The Morgan fingerprint density at radius 1 is 0.361 bits per heavy atom. The number of ether oxygens (including phenoxy) is 1. The van der Waals surface area contributed by atoms with Gasteiger partial charge in [-0.2, -0.15) is 0 Å². The van der Waals surface area contributed by atoms with E-state index < -0.39 is 5.67 Å². The summed E-state index contributed by atoms with van der Waals surface area (Å²) in [6, 6.07) is 1.53. The number of nitrogens with zero attached hydrogens (tertiary/aromatic N) is 15. The molecule has 0 radical (unpaired) electrons. The van der Waals surface area contributed by atoms with Crippen molar-refractivity contribution in [3.8, 4) is 0 Å². The number of hydrogen-bond acceptors (Lipinski definition) is 16. The highest BCUT2D eigenvalue weighted by atomic mass is 19.1. The number of methoxy groups -OCH3 is 1. The molecule has 0 aromatic carbocycles. The number of piperazine rings is 5. The van der Waals surface area contributed by atoms with E-state index in [1.165, 1.54) is 280 Å². The fraction of sp³-hybridized carbons (Fsp3) is 1.00. The maximum absolute atomic E-state index is 13.4. The highest BCUT2D eigenvalue weighted by Gasteiger charge is 2.30. The third kappa shape index (κ3) is 57.4. The van der Waals surface area contributed by atoms with Gasteiger partial charge in [0.15, 0.2) is 0 Å². The minimum atomic E-state index is -0.895. The molecule has 9 saturated heterocycles. The summed E-state index contributed by atoms with van der Waals surface area (Å²) < 4.78 is 18.4. The van der Waals surface area contributed by atoms with Gasteiger partial charge >= 0.3 is 0 Å². The van der Waals surface area contributed by atoms with Crippen LogP contribution in [0.2, 0.25) is 0 Å². The molecule has 0 aromatic rings. The van der Waals surface area contributed by atoms with Crippen molar-refractivity contribution in [1.82, 2.24) is 73.5 Å². The van der Waals surface area contributed by atoms with Gasteiger partial charge in [-0.3, -0.25) is 4.90 Å². The Hall–Kier alpha value is -0.710. The van der Waals surface area contributed by atoms with Gasteiger partial charge in [0.25, 0.3) is 0 Å². The maximum atomic E-state index is 13.4. The summed E-state index contributed by atoms with van der Waals surface area (Å²) in [4.78, 5) is 37.7. The first-order valence-corrected chi connectivity index (χ1v) is 45.9. The Morgan fingerprint density at radius 2 is 0.713 bits per heavy atom. The molecule has 648 valence electrons. The normalized spacial score (nSPS) is 23.9. The van der Waals surface area contributed by atoms with Gasteiger partial charge in [0.05, 0.1) is 6.61 Å². The smallest absolute Gasteiger partial charge is 0.110 e. The summed E-state index contributed by atoms with van der Waals surface area (Å²) >= 11 is 0. The van der Waals surface area contributed by atoms with Crippen molar-refractivity contribution in [1.29, 1.82) is 0 Å². The Labute approximate surface area is 676 Å². The lowest BCUT2D eigenvalue weighted by Crippen LogP contribution is -2.50. The molecule has 3 atom stereocenters. The van der Waals surface area contributed by atoms with Gasteiger partial charge in [-0.15, -0.1) is 0 Å². The van der Waals surface area contributed by atoms with Crippen LogP contribution < -0.4 is 0 Å². The molecule has 108 heavy (non-hydrogen) atoms. The standard InChI is InChI=1S/C11H24N2O.C11H24N2.C11H23N.C10H20FN.3C10H22N2.C9H20N2.C9H19N/c1-11(2)10-13-6-4-12(5-7-13)8-9-14-3;1-4-5-12-6-8-13(9-7-12)10-11(2)3;1-10(2)9-11-5-4-7-12(3)8-6-11;1-9(2)8-12-6-4-10(3,11)5-7-12;1-9(2)7-12-6-5-10(8-12)11(3)4;1-9(2)7-12-6-5-11(4)10(3)8-12;1-4-11-5-7-12(8-6-11)9-10(2)3;1-9(2)8-11-6-4-10(3)5-7-11;1-9(2)8-10-6-4-3-5-7-10/h11H,4-10H2,1-3H3;11H,4-10H2,1-3H3;10-11H,4-9H2,1-3H3;9H,4-8H2,1-3H3;2*9-10H,5-8H2,1-4H3;10H,4-9H2,1-3H3;9H,4-8H2,1-3H3;9H,3-8H2,1-2H3. The molecule has 0 aliphatic carbocycles. The number of alkyl halides is 1. The van der Waals surface area contributed by atoms with E-state index in [1.54, 1.807) is 14.0 Å². The van der Waals surface area contributed by atoms with E-state index in [2.05, 4.69) is 254 Å². The van der Waals surface area contributed by atoms with E-state index in [0.29, 0.717) is 18.8 Å². The number of likely N-dealkylation sites (tertiary alicyclic amines) is 4. The zero-order valence-corrected chi connectivity index (χ0v) is 78.3. The Bertz CT molecular complexity index is 1950. The molecule has 16 nitrogen and oxygen atoms in total. The highest BCUT2D eigenvalue weighted by Crippen LogP contribution is 2.27. The van der Waals surface area contributed by atoms with Crippen molar-refractivity contribution in [2.45, 2.75) is 241 Å². The van der Waals surface area contributed by atoms with Gasteiger partial charge in [-0.1, -0.05) is 145 Å². The van der Waals surface area contributed by atoms with Crippen LogP contribution in [0.4, 0.5) is 4.39 Å². The minimum Gasteiger partial charge on any atom is -0.383 e. The van der Waals surface area contributed by atoms with Crippen LogP contribution in [0.1, 0.15) is 223 Å². The predicted octanol–water partition coefficient (Wildman–Crippen LogP) is 14.7. The third-order valence-electron chi connectivity index (χ3n) is 22.8. The molecule has 0 amide bonds. The number of piperidine rings is 2. The van der Waals surface area contributed by atoms with Gasteiger partial charge in [0, 0.05) is 222 Å². The fourth-order valence-corrected chi connectivity index (χ4v) is 16.6. The quantitative estimate of drug-likeness (QED) is 0.0871. The molecule has 9 aliphatic heterocycles.